The van der Waals surface area contributed by atoms with E-state index in [1.54, 1.807) is 12.3 Å². The molecule has 1 rings (SSSR count). The lowest BCUT2D eigenvalue weighted by atomic mass is 10.2. The van der Waals surface area contributed by atoms with Gasteiger partial charge in [0.1, 0.15) is 5.82 Å². The smallest absolute Gasteiger partial charge is 0.320 e. The second-order valence-corrected chi connectivity index (χ2v) is 4.39. The molecule has 0 aromatic carbocycles. The molecule has 2 amide bonds. The third-order valence-corrected chi connectivity index (χ3v) is 2.78. The van der Waals surface area contributed by atoms with E-state index in [0.717, 1.165) is 17.3 Å². The van der Waals surface area contributed by atoms with Crippen LogP contribution in [0.25, 0.3) is 0 Å². The molecule has 4 nitrogen and oxygen atoms in total. The Morgan fingerprint density at radius 2 is 2.19 bits per heavy atom. The van der Waals surface area contributed by atoms with Crippen LogP contribution in [0, 0.1) is 0 Å². The van der Waals surface area contributed by atoms with Crippen LogP contribution in [0.5, 0.6) is 0 Å². The van der Waals surface area contributed by atoms with Crippen LogP contribution in [0.15, 0.2) is 22.8 Å². The largest absolute Gasteiger partial charge is 0.335 e. The van der Waals surface area contributed by atoms with Crippen molar-refractivity contribution < 1.29 is 4.79 Å². The molecule has 0 saturated heterocycles. The summed E-state index contributed by atoms with van der Waals surface area (Å²) in [6, 6.07) is 3.57. The van der Waals surface area contributed by atoms with Crippen LogP contribution in [0.2, 0.25) is 0 Å². The Bertz CT molecular complexity index is 353. The van der Waals surface area contributed by atoms with E-state index in [-0.39, 0.29) is 12.1 Å². The van der Waals surface area contributed by atoms with Gasteiger partial charge in [0.25, 0.3) is 0 Å². The normalized spacial score (nSPS) is 10.2. The minimum Gasteiger partial charge on any atom is -0.335 e. The zero-order chi connectivity index (χ0) is 12.0. The molecule has 0 aliphatic heterocycles. The predicted molar refractivity (Wildman–Crippen MR) is 68.5 cm³/mol. The number of pyridine rings is 1. The van der Waals surface area contributed by atoms with Crippen LogP contribution in [0.3, 0.4) is 0 Å². The summed E-state index contributed by atoms with van der Waals surface area (Å²) in [5.74, 6) is 0.540. The lowest BCUT2D eigenvalue weighted by molar-refractivity contribution is 0.247. The van der Waals surface area contributed by atoms with Gasteiger partial charge in [-0.15, -0.1) is 0 Å². The molecule has 0 bridgehead atoms. The molecule has 1 aromatic heterocycles. The summed E-state index contributed by atoms with van der Waals surface area (Å²) < 4.78 is 0.889. The zero-order valence-electron chi connectivity index (χ0n) is 9.46. The van der Waals surface area contributed by atoms with Gasteiger partial charge in [-0.2, -0.15) is 0 Å². The Balaban J connectivity index is 2.51. The number of nitrogens with zero attached hydrogens (tertiary/aromatic N) is 1. The maximum Gasteiger partial charge on any atom is 0.320 e. The molecular formula is C11H16BrN3O. The van der Waals surface area contributed by atoms with Crippen molar-refractivity contribution in [2.45, 2.75) is 32.7 Å². The van der Waals surface area contributed by atoms with Crippen molar-refractivity contribution >= 4 is 27.8 Å². The molecule has 0 aliphatic carbocycles. The number of rotatable bonds is 4. The highest BCUT2D eigenvalue weighted by Crippen LogP contribution is 2.12. The summed E-state index contributed by atoms with van der Waals surface area (Å²) in [5, 5.41) is 5.57. The van der Waals surface area contributed by atoms with Gasteiger partial charge >= 0.3 is 6.03 Å². The van der Waals surface area contributed by atoms with Crippen molar-refractivity contribution in [1.29, 1.82) is 0 Å². The molecule has 0 spiro atoms. The molecule has 16 heavy (non-hydrogen) atoms. The fourth-order valence-corrected chi connectivity index (χ4v) is 1.64. The number of hydrogen-bond donors (Lipinski definition) is 2. The van der Waals surface area contributed by atoms with E-state index in [0.29, 0.717) is 5.82 Å². The Morgan fingerprint density at radius 1 is 1.50 bits per heavy atom. The third kappa shape index (κ3) is 4.18. The van der Waals surface area contributed by atoms with Crippen LogP contribution in [-0.2, 0) is 0 Å². The van der Waals surface area contributed by atoms with E-state index in [9.17, 15) is 4.79 Å². The predicted octanol–water partition coefficient (Wildman–Crippen LogP) is 3.15. The monoisotopic (exact) mass is 285 g/mol. The molecule has 0 fully saturated rings. The molecule has 2 N–H and O–H groups in total. The third-order valence-electron chi connectivity index (χ3n) is 2.28. The van der Waals surface area contributed by atoms with Gasteiger partial charge in [0.2, 0.25) is 0 Å². The summed E-state index contributed by atoms with van der Waals surface area (Å²) in [7, 11) is 0. The SMILES string of the molecule is CCC(CC)NC(=O)Nc1cc(Br)ccn1. The average Bonchev–Trinajstić information content (AvgIpc) is 2.26. The van der Waals surface area contributed by atoms with Crippen LogP contribution in [0.4, 0.5) is 10.6 Å². The standard InChI is InChI=1S/C11H16BrN3O/c1-3-9(4-2)14-11(16)15-10-7-8(12)5-6-13-10/h5-7,9H,3-4H2,1-2H3,(H2,13,14,15,16). The van der Waals surface area contributed by atoms with E-state index in [1.807, 2.05) is 19.9 Å². The molecular weight excluding hydrogens is 270 g/mol. The van der Waals surface area contributed by atoms with Gasteiger partial charge in [0.05, 0.1) is 0 Å². The highest BCUT2D eigenvalue weighted by atomic mass is 79.9. The zero-order valence-corrected chi connectivity index (χ0v) is 11.0. The molecule has 88 valence electrons. The quantitative estimate of drug-likeness (QED) is 0.893. The maximum atomic E-state index is 11.6. The van der Waals surface area contributed by atoms with Crippen molar-refractivity contribution in [3.05, 3.63) is 22.8 Å². The van der Waals surface area contributed by atoms with E-state index < -0.39 is 0 Å². The first-order valence-corrected chi connectivity index (χ1v) is 6.14. The molecule has 0 unspecified atom stereocenters. The first kappa shape index (κ1) is 13.0. The Hall–Kier alpha value is -1.10. The van der Waals surface area contributed by atoms with Gasteiger partial charge in [-0.1, -0.05) is 29.8 Å². The Labute approximate surface area is 104 Å². The molecule has 1 heterocycles. The average molecular weight is 286 g/mol. The van der Waals surface area contributed by atoms with Gasteiger partial charge < -0.3 is 5.32 Å². The number of halogens is 1. The van der Waals surface area contributed by atoms with Gasteiger partial charge in [-0.3, -0.25) is 5.32 Å². The number of carbonyl (C=O) groups excluding carboxylic acids is 1. The minimum absolute atomic E-state index is 0.209. The number of amides is 2. The highest BCUT2D eigenvalue weighted by molar-refractivity contribution is 9.10. The van der Waals surface area contributed by atoms with E-state index in [1.165, 1.54) is 0 Å². The number of anilines is 1. The molecule has 1 aromatic rings. The lowest BCUT2D eigenvalue weighted by Crippen LogP contribution is -2.37. The fraction of sp³-hybridized carbons (Fsp3) is 0.455. The number of aromatic nitrogens is 1. The summed E-state index contributed by atoms with van der Waals surface area (Å²) in [5.41, 5.74) is 0. The Kier molecular flexibility index (Phi) is 5.25. The van der Waals surface area contributed by atoms with Gasteiger partial charge in [0.15, 0.2) is 0 Å². The summed E-state index contributed by atoms with van der Waals surface area (Å²) >= 11 is 3.32. The van der Waals surface area contributed by atoms with E-state index in [4.69, 9.17) is 0 Å². The van der Waals surface area contributed by atoms with Gasteiger partial charge in [-0.25, -0.2) is 9.78 Å². The number of nitrogens with one attached hydrogen (secondary N) is 2. The van der Waals surface area contributed by atoms with Crippen molar-refractivity contribution in [3.8, 4) is 0 Å². The lowest BCUT2D eigenvalue weighted by Gasteiger charge is -2.14. The van der Waals surface area contributed by atoms with Crippen molar-refractivity contribution in [2.75, 3.05) is 5.32 Å². The van der Waals surface area contributed by atoms with Crippen molar-refractivity contribution in [2.24, 2.45) is 0 Å². The molecule has 5 heteroatoms. The summed E-state index contributed by atoms with van der Waals surface area (Å²) in [6.45, 7) is 4.09. The van der Waals surface area contributed by atoms with Crippen molar-refractivity contribution in [3.63, 3.8) is 0 Å². The first-order chi connectivity index (χ1) is 7.65. The van der Waals surface area contributed by atoms with Crippen molar-refractivity contribution in [1.82, 2.24) is 10.3 Å². The molecule has 0 radical (unpaired) electrons. The van der Waals surface area contributed by atoms with Crippen LogP contribution in [-0.4, -0.2) is 17.1 Å². The first-order valence-electron chi connectivity index (χ1n) is 5.34. The van der Waals surface area contributed by atoms with Crippen LogP contribution in [0.1, 0.15) is 26.7 Å². The second kappa shape index (κ2) is 6.48. The Morgan fingerprint density at radius 3 is 2.75 bits per heavy atom. The number of hydrogen-bond acceptors (Lipinski definition) is 2. The van der Waals surface area contributed by atoms with E-state index in [2.05, 4.69) is 31.5 Å². The molecule has 0 atom stereocenters. The summed E-state index contributed by atoms with van der Waals surface area (Å²) in [4.78, 5) is 15.6. The highest BCUT2D eigenvalue weighted by Gasteiger charge is 2.08. The van der Waals surface area contributed by atoms with Gasteiger partial charge in [0, 0.05) is 16.7 Å². The van der Waals surface area contributed by atoms with Gasteiger partial charge in [-0.05, 0) is 25.0 Å². The number of carbonyl (C=O) groups is 1. The number of urea groups is 1. The second-order valence-electron chi connectivity index (χ2n) is 3.47. The fourth-order valence-electron chi connectivity index (χ4n) is 1.30. The maximum absolute atomic E-state index is 11.6. The van der Waals surface area contributed by atoms with Crippen LogP contribution < -0.4 is 10.6 Å². The molecule has 0 aliphatic rings. The minimum atomic E-state index is -0.209. The topological polar surface area (TPSA) is 54.0 Å². The van der Waals surface area contributed by atoms with E-state index >= 15 is 0 Å². The summed E-state index contributed by atoms with van der Waals surface area (Å²) in [6.07, 6.45) is 3.49. The molecule has 0 saturated carbocycles. The van der Waals surface area contributed by atoms with Crippen LogP contribution >= 0.6 is 15.9 Å².